The van der Waals surface area contributed by atoms with Crippen LogP contribution in [0.4, 0.5) is 13.2 Å². The fourth-order valence-electron chi connectivity index (χ4n) is 5.80. The summed E-state index contributed by atoms with van der Waals surface area (Å²) in [4.78, 5) is 11.5. The normalized spacial score (nSPS) is 19.7. The Kier molecular flexibility index (Phi) is 6.82. The average Bonchev–Trinajstić information content (AvgIpc) is 3.60. The van der Waals surface area contributed by atoms with E-state index in [1.165, 1.54) is 17.7 Å². The van der Waals surface area contributed by atoms with Gasteiger partial charge in [-0.25, -0.2) is 4.79 Å². The van der Waals surface area contributed by atoms with Crippen molar-refractivity contribution in [1.29, 1.82) is 0 Å². The van der Waals surface area contributed by atoms with Gasteiger partial charge in [-0.3, -0.25) is 0 Å². The first-order valence-corrected chi connectivity index (χ1v) is 13.5. The number of benzene rings is 2. The third-order valence-corrected chi connectivity index (χ3v) is 7.99. The predicted octanol–water partition coefficient (Wildman–Crippen LogP) is 7.55. The fourth-order valence-corrected chi connectivity index (χ4v) is 5.80. The van der Waals surface area contributed by atoms with Crippen molar-refractivity contribution in [1.82, 2.24) is 9.72 Å². The zero-order valence-electron chi connectivity index (χ0n) is 21.9. The Morgan fingerprint density at radius 2 is 1.80 bits per heavy atom. The smallest absolute Gasteiger partial charge is 0.478 e. The number of carboxylic acids is 1. The Bertz CT molecular complexity index is 1540. The van der Waals surface area contributed by atoms with Crippen LogP contribution >= 0.6 is 0 Å². The first kappa shape index (κ1) is 26.4. The van der Waals surface area contributed by atoms with E-state index in [-0.39, 0.29) is 29.9 Å². The molecule has 1 N–H and O–H groups in total. The Hall–Kier alpha value is -3.79. The monoisotopic (exact) mass is 554 g/mol. The van der Waals surface area contributed by atoms with Crippen molar-refractivity contribution in [3.63, 3.8) is 0 Å². The highest BCUT2D eigenvalue weighted by atomic mass is 19.4. The number of para-hydroxylation sites is 1. The van der Waals surface area contributed by atoms with Crippen LogP contribution in [0, 0.1) is 0 Å². The Balaban J connectivity index is 1.15. The molecule has 2 fully saturated rings. The van der Waals surface area contributed by atoms with Crippen molar-refractivity contribution >= 4 is 16.9 Å². The molecule has 2 aliphatic carbocycles. The highest BCUT2D eigenvalue weighted by Gasteiger charge is 2.36. The molecular formula is C30H29F3N2O5. The van der Waals surface area contributed by atoms with Crippen LogP contribution in [0.5, 0.6) is 5.75 Å². The number of carboxylic acid groups (broad SMARTS) is 1. The third kappa shape index (κ3) is 5.32. The molecule has 0 atom stereocenters. The van der Waals surface area contributed by atoms with Crippen LogP contribution in [0.3, 0.4) is 0 Å². The number of alkyl halides is 3. The molecule has 2 heterocycles. The third-order valence-electron chi connectivity index (χ3n) is 7.99. The van der Waals surface area contributed by atoms with Gasteiger partial charge in [0.1, 0.15) is 17.2 Å². The largest absolute Gasteiger partial charge is 0.573 e. The second-order valence-corrected chi connectivity index (χ2v) is 10.7. The quantitative estimate of drug-likeness (QED) is 0.242. The lowest BCUT2D eigenvalue weighted by Crippen LogP contribution is -2.21. The molecule has 10 heteroatoms. The maximum Gasteiger partial charge on any atom is 0.573 e. The van der Waals surface area contributed by atoms with Gasteiger partial charge in [-0.15, -0.1) is 13.2 Å². The fraction of sp³-hybridized carbons (Fsp3) is 0.400. The van der Waals surface area contributed by atoms with Gasteiger partial charge in [0.2, 0.25) is 0 Å². The number of aryl methyl sites for hydroxylation is 1. The predicted molar refractivity (Wildman–Crippen MR) is 140 cm³/mol. The molecule has 0 radical (unpaired) electrons. The molecule has 0 saturated heterocycles. The summed E-state index contributed by atoms with van der Waals surface area (Å²) < 4.78 is 57.2. The van der Waals surface area contributed by atoms with Crippen LogP contribution in [-0.4, -0.2) is 33.3 Å². The summed E-state index contributed by atoms with van der Waals surface area (Å²) >= 11 is 0. The lowest BCUT2D eigenvalue weighted by Gasteiger charge is -2.29. The van der Waals surface area contributed by atoms with Crippen LogP contribution in [0.2, 0.25) is 0 Å². The van der Waals surface area contributed by atoms with Crippen molar-refractivity contribution in [2.24, 2.45) is 7.05 Å². The summed E-state index contributed by atoms with van der Waals surface area (Å²) in [6.45, 7) is 0.202. The van der Waals surface area contributed by atoms with Crippen molar-refractivity contribution in [2.45, 2.75) is 69.4 Å². The van der Waals surface area contributed by atoms with E-state index in [4.69, 9.17) is 9.26 Å². The van der Waals surface area contributed by atoms with Gasteiger partial charge < -0.3 is 23.7 Å². The molecule has 2 aromatic carbocycles. The van der Waals surface area contributed by atoms with Crippen molar-refractivity contribution in [3.05, 3.63) is 71.1 Å². The molecule has 40 heavy (non-hydrogen) atoms. The maximum atomic E-state index is 13.0. The van der Waals surface area contributed by atoms with Gasteiger partial charge in [0.15, 0.2) is 0 Å². The van der Waals surface area contributed by atoms with Crippen LogP contribution in [0.15, 0.2) is 53.2 Å². The second kappa shape index (κ2) is 10.3. The molecule has 7 nitrogen and oxygen atoms in total. The summed E-state index contributed by atoms with van der Waals surface area (Å²) in [5.74, 6) is -0.0271. The highest BCUT2D eigenvalue weighted by Crippen LogP contribution is 2.46. The number of ether oxygens (including phenoxy) is 2. The Morgan fingerprint density at radius 1 is 1.07 bits per heavy atom. The lowest BCUT2D eigenvalue weighted by molar-refractivity contribution is -0.274. The van der Waals surface area contributed by atoms with E-state index in [1.54, 1.807) is 18.3 Å². The number of carbonyl (C=O) groups is 1. The van der Waals surface area contributed by atoms with E-state index in [1.807, 2.05) is 23.7 Å². The molecule has 2 saturated carbocycles. The number of hydrogen-bond donors (Lipinski definition) is 1. The van der Waals surface area contributed by atoms with Crippen LogP contribution < -0.4 is 4.74 Å². The standard InChI is InChI=1S/C30H29F3N2O5/c1-35-15-23(29(36)37)21-13-10-19(14-25(21)35)17-8-11-20(12-9-17)38-16-24-27(34-40-28(24)18-6-7-18)22-4-2-3-5-26(22)39-30(31,32)33/h2-5,10,13-15,17-18,20H,6-9,11-12,16H2,1H3,(H,36,37)/t17-,20+. The van der Waals surface area contributed by atoms with E-state index < -0.39 is 12.3 Å². The van der Waals surface area contributed by atoms with E-state index in [2.05, 4.69) is 16.0 Å². The number of halogens is 3. The first-order chi connectivity index (χ1) is 19.2. The summed E-state index contributed by atoms with van der Waals surface area (Å²) in [5.41, 5.74) is 3.61. The first-order valence-electron chi connectivity index (χ1n) is 13.5. The summed E-state index contributed by atoms with van der Waals surface area (Å²) in [7, 11) is 1.85. The Labute approximate surface area is 228 Å². The van der Waals surface area contributed by atoms with E-state index in [0.717, 1.165) is 49.4 Å². The molecule has 2 aromatic heterocycles. The van der Waals surface area contributed by atoms with Crippen LogP contribution in [0.25, 0.3) is 22.2 Å². The van der Waals surface area contributed by atoms with Gasteiger partial charge in [-0.05, 0) is 68.2 Å². The number of aromatic carboxylic acids is 1. The highest BCUT2D eigenvalue weighted by molar-refractivity contribution is 6.03. The minimum absolute atomic E-state index is 0.00472. The Morgan fingerprint density at radius 3 is 2.50 bits per heavy atom. The number of rotatable bonds is 8. The van der Waals surface area contributed by atoms with Gasteiger partial charge in [-0.2, -0.15) is 0 Å². The summed E-state index contributed by atoms with van der Waals surface area (Å²) in [6, 6.07) is 11.9. The second-order valence-electron chi connectivity index (χ2n) is 10.7. The van der Waals surface area contributed by atoms with Crippen molar-refractivity contribution in [2.75, 3.05) is 0 Å². The van der Waals surface area contributed by atoms with Crippen molar-refractivity contribution in [3.8, 4) is 17.0 Å². The zero-order chi connectivity index (χ0) is 28.0. The number of fused-ring (bicyclic) bond motifs is 1. The van der Waals surface area contributed by atoms with Crippen molar-refractivity contribution < 1.29 is 37.1 Å². The van der Waals surface area contributed by atoms with Gasteiger partial charge in [0.05, 0.1) is 18.3 Å². The topological polar surface area (TPSA) is 86.7 Å². The molecule has 0 amide bonds. The molecule has 2 aliphatic rings. The average molecular weight is 555 g/mol. The number of aromatic nitrogens is 2. The van der Waals surface area contributed by atoms with E-state index in [0.29, 0.717) is 28.5 Å². The number of hydrogen-bond acceptors (Lipinski definition) is 5. The van der Waals surface area contributed by atoms with Gasteiger partial charge in [0, 0.05) is 41.2 Å². The molecule has 210 valence electrons. The van der Waals surface area contributed by atoms with E-state index >= 15 is 0 Å². The molecule has 0 aliphatic heterocycles. The van der Waals surface area contributed by atoms with Crippen LogP contribution in [-0.2, 0) is 18.4 Å². The van der Waals surface area contributed by atoms with Crippen LogP contribution in [0.1, 0.15) is 77.6 Å². The minimum atomic E-state index is -4.82. The van der Waals surface area contributed by atoms with Gasteiger partial charge in [-0.1, -0.05) is 29.4 Å². The zero-order valence-corrected chi connectivity index (χ0v) is 21.9. The SMILES string of the molecule is Cn1cc(C(=O)O)c2ccc([C@H]3CC[C@@H](OCc4c(-c5ccccc5OC(F)(F)F)noc4C4CC4)CC3)cc21. The van der Waals surface area contributed by atoms with Gasteiger partial charge >= 0.3 is 12.3 Å². The molecule has 0 bridgehead atoms. The summed E-state index contributed by atoms with van der Waals surface area (Å²) in [6.07, 6.45) is 2.24. The lowest BCUT2D eigenvalue weighted by atomic mass is 9.82. The maximum absolute atomic E-state index is 13.0. The molecular weight excluding hydrogens is 525 g/mol. The summed E-state index contributed by atoms with van der Waals surface area (Å²) in [5, 5.41) is 14.4. The molecule has 0 unspecified atom stereocenters. The molecule has 6 rings (SSSR count). The van der Waals surface area contributed by atoms with E-state index in [9.17, 15) is 23.1 Å². The molecule has 4 aromatic rings. The number of nitrogens with zero attached hydrogens (tertiary/aromatic N) is 2. The molecule has 0 spiro atoms. The van der Waals surface area contributed by atoms with Gasteiger partial charge in [0.25, 0.3) is 0 Å². The minimum Gasteiger partial charge on any atom is -0.478 e.